The van der Waals surface area contributed by atoms with E-state index in [4.69, 9.17) is 9.47 Å². The fraction of sp³-hybridized carbons (Fsp3) is 0.409. The van der Waals surface area contributed by atoms with Gasteiger partial charge in [0.2, 0.25) is 0 Å². The molecule has 0 N–H and O–H groups in total. The van der Waals surface area contributed by atoms with E-state index in [0.29, 0.717) is 5.56 Å². The Morgan fingerprint density at radius 3 is 2.27 bits per heavy atom. The molecule has 0 saturated carbocycles. The molecule has 138 valence electrons. The molecule has 4 heteroatoms. The Bertz CT molecular complexity index is 683. The second-order valence-corrected chi connectivity index (χ2v) is 6.67. The van der Waals surface area contributed by atoms with Crippen molar-refractivity contribution in [2.45, 2.75) is 25.4 Å². The van der Waals surface area contributed by atoms with Crippen LogP contribution in [-0.4, -0.2) is 43.7 Å². The lowest BCUT2D eigenvalue weighted by atomic mass is 9.87. The van der Waals surface area contributed by atoms with Gasteiger partial charge in [-0.25, -0.2) is 4.79 Å². The Morgan fingerprint density at radius 1 is 1.04 bits per heavy atom. The van der Waals surface area contributed by atoms with Crippen molar-refractivity contribution in [2.24, 2.45) is 0 Å². The van der Waals surface area contributed by atoms with Gasteiger partial charge in [0.15, 0.2) is 0 Å². The van der Waals surface area contributed by atoms with E-state index < -0.39 is 5.60 Å². The van der Waals surface area contributed by atoms with E-state index in [2.05, 4.69) is 24.0 Å². The normalized spacial score (nSPS) is 17.4. The van der Waals surface area contributed by atoms with Crippen LogP contribution in [0.2, 0.25) is 0 Å². The highest BCUT2D eigenvalue weighted by atomic mass is 16.6. The Morgan fingerprint density at radius 2 is 1.65 bits per heavy atom. The van der Waals surface area contributed by atoms with Crippen LogP contribution in [0.1, 0.15) is 35.7 Å². The lowest BCUT2D eigenvalue weighted by Gasteiger charge is -2.36. The van der Waals surface area contributed by atoms with Crippen molar-refractivity contribution in [2.75, 3.05) is 32.8 Å². The third-order valence-electron chi connectivity index (χ3n) is 5.10. The van der Waals surface area contributed by atoms with Crippen LogP contribution in [0.5, 0.6) is 0 Å². The molecular weight excluding hydrogens is 326 g/mol. The van der Waals surface area contributed by atoms with Gasteiger partial charge in [0.1, 0.15) is 5.60 Å². The fourth-order valence-corrected chi connectivity index (χ4v) is 3.42. The topological polar surface area (TPSA) is 38.8 Å². The molecule has 1 saturated heterocycles. The van der Waals surface area contributed by atoms with Gasteiger partial charge in [-0.3, -0.25) is 4.90 Å². The van der Waals surface area contributed by atoms with Crippen LogP contribution in [0.25, 0.3) is 0 Å². The molecule has 0 aliphatic carbocycles. The first kappa shape index (κ1) is 18.6. The molecule has 0 aromatic heterocycles. The lowest BCUT2D eigenvalue weighted by molar-refractivity contribution is -0.0389. The van der Waals surface area contributed by atoms with Gasteiger partial charge in [0.25, 0.3) is 0 Å². The maximum Gasteiger partial charge on any atom is 0.339 e. The molecular formula is C22H27NO3. The molecule has 26 heavy (non-hydrogen) atoms. The van der Waals surface area contributed by atoms with Crippen LogP contribution in [-0.2, 0) is 15.1 Å². The van der Waals surface area contributed by atoms with E-state index >= 15 is 0 Å². The van der Waals surface area contributed by atoms with Crippen LogP contribution in [0.15, 0.2) is 60.7 Å². The highest BCUT2D eigenvalue weighted by Crippen LogP contribution is 2.34. The fourth-order valence-electron chi connectivity index (χ4n) is 3.42. The summed E-state index contributed by atoms with van der Waals surface area (Å²) in [5, 5.41) is 0. The standard InChI is InChI=1S/C22H27NO3/c1-2-22(20-11-7-4-8-12-20,13-14-23-15-17-25-18-16-23)26-21(24)19-9-5-3-6-10-19/h3-12H,2,13-18H2,1H3. The van der Waals surface area contributed by atoms with Crippen molar-refractivity contribution < 1.29 is 14.3 Å². The van der Waals surface area contributed by atoms with Crippen molar-refractivity contribution >= 4 is 5.97 Å². The molecule has 0 amide bonds. The second-order valence-electron chi connectivity index (χ2n) is 6.67. The number of benzene rings is 2. The summed E-state index contributed by atoms with van der Waals surface area (Å²) >= 11 is 0. The molecule has 0 radical (unpaired) electrons. The van der Waals surface area contributed by atoms with Gasteiger partial charge in [-0.05, 0) is 24.1 Å². The summed E-state index contributed by atoms with van der Waals surface area (Å²) in [4.78, 5) is 15.2. The van der Waals surface area contributed by atoms with E-state index in [1.54, 1.807) is 12.1 Å². The van der Waals surface area contributed by atoms with E-state index in [1.807, 2.05) is 36.4 Å². The average Bonchev–Trinajstić information content (AvgIpc) is 2.73. The molecule has 2 aromatic rings. The zero-order chi connectivity index (χ0) is 18.2. The number of morpholine rings is 1. The highest BCUT2D eigenvalue weighted by molar-refractivity contribution is 5.89. The van der Waals surface area contributed by atoms with Crippen LogP contribution in [0.3, 0.4) is 0 Å². The SMILES string of the molecule is CCC(CCN1CCOCC1)(OC(=O)c1ccccc1)c1ccccc1. The minimum absolute atomic E-state index is 0.265. The maximum absolute atomic E-state index is 12.8. The first-order valence-electron chi connectivity index (χ1n) is 9.37. The summed E-state index contributed by atoms with van der Waals surface area (Å²) in [6.45, 7) is 6.38. The summed E-state index contributed by atoms with van der Waals surface area (Å²) in [6, 6.07) is 19.3. The van der Waals surface area contributed by atoms with Crippen molar-refractivity contribution in [3.8, 4) is 0 Å². The summed E-state index contributed by atoms with van der Waals surface area (Å²) in [5.74, 6) is -0.265. The predicted molar refractivity (Wildman–Crippen MR) is 102 cm³/mol. The minimum Gasteiger partial charge on any atom is -0.451 e. The number of hydrogen-bond donors (Lipinski definition) is 0. The van der Waals surface area contributed by atoms with Crippen LogP contribution in [0.4, 0.5) is 0 Å². The van der Waals surface area contributed by atoms with Crippen LogP contribution in [0, 0.1) is 0 Å². The Kier molecular flexibility index (Phi) is 6.42. The summed E-state index contributed by atoms with van der Waals surface area (Å²) in [7, 11) is 0. The molecule has 0 bridgehead atoms. The molecule has 1 aliphatic heterocycles. The quantitative estimate of drug-likeness (QED) is 0.708. The average molecular weight is 353 g/mol. The van der Waals surface area contributed by atoms with Crippen molar-refractivity contribution in [3.05, 3.63) is 71.8 Å². The molecule has 1 atom stereocenters. The molecule has 1 heterocycles. The molecule has 0 spiro atoms. The van der Waals surface area contributed by atoms with Gasteiger partial charge >= 0.3 is 5.97 Å². The monoisotopic (exact) mass is 353 g/mol. The first-order valence-corrected chi connectivity index (χ1v) is 9.37. The van der Waals surface area contributed by atoms with Gasteiger partial charge in [0, 0.05) is 26.1 Å². The molecule has 4 nitrogen and oxygen atoms in total. The van der Waals surface area contributed by atoms with Crippen molar-refractivity contribution in [3.63, 3.8) is 0 Å². The molecule has 1 unspecified atom stereocenters. The number of rotatable bonds is 7. The number of carbonyl (C=O) groups excluding carboxylic acids is 1. The highest BCUT2D eigenvalue weighted by Gasteiger charge is 2.35. The summed E-state index contributed by atoms with van der Waals surface area (Å²) in [5.41, 5.74) is 1.03. The molecule has 3 rings (SSSR count). The van der Waals surface area contributed by atoms with Gasteiger partial charge in [-0.1, -0.05) is 55.5 Å². The van der Waals surface area contributed by atoms with Gasteiger partial charge in [-0.15, -0.1) is 0 Å². The van der Waals surface area contributed by atoms with Crippen LogP contribution < -0.4 is 0 Å². The molecule has 1 aliphatic rings. The number of carbonyl (C=O) groups is 1. The zero-order valence-corrected chi connectivity index (χ0v) is 15.4. The van der Waals surface area contributed by atoms with E-state index in [9.17, 15) is 4.79 Å². The zero-order valence-electron chi connectivity index (χ0n) is 15.4. The third-order valence-corrected chi connectivity index (χ3v) is 5.10. The van der Waals surface area contributed by atoms with E-state index in [1.165, 1.54) is 0 Å². The van der Waals surface area contributed by atoms with E-state index in [0.717, 1.165) is 51.3 Å². The van der Waals surface area contributed by atoms with Gasteiger partial charge in [0.05, 0.1) is 18.8 Å². The van der Waals surface area contributed by atoms with E-state index in [-0.39, 0.29) is 5.97 Å². The van der Waals surface area contributed by atoms with Gasteiger partial charge in [-0.2, -0.15) is 0 Å². The van der Waals surface area contributed by atoms with Crippen molar-refractivity contribution in [1.82, 2.24) is 4.90 Å². The number of ether oxygens (including phenoxy) is 2. The Labute approximate surface area is 155 Å². The molecule has 1 fully saturated rings. The lowest BCUT2D eigenvalue weighted by Crippen LogP contribution is -2.41. The number of nitrogens with zero attached hydrogens (tertiary/aromatic N) is 1. The Hall–Kier alpha value is -2.17. The smallest absolute Gasteiger partial charge is 0.339 e. The second kappa shape index (κ2) is 8.97. The Balaban J connectivity index is 1.81. The summed E-state index contributed by atoms with van der Waals surface area (Å²) in [6.07, 6.45) is 1.51. The van der Waals surface area contributed by atoms with Crippen LogP contribution >= 0.6 is 0 Å². The third kappa shape index (κ3) is 4.51. The van der Waals surface area contributed by atoms with Gasteiger partial charge < -0.3 is 9.47 Å². The maximum atomic E-state index is 12.8. The summed E-state index contributed by atoms with van der Waals surface area (Å²) < 4.78 is 11.6. The number of esters is 1. The largest absolute Gasteiger partial charge is 0.451 e. The molecule has 2 aromatic carbocycles. The van der Waals surface area contributed by atoms with Crippen molar-refractivity contribution in [1.29, 1.82) is 0 Å². The number of hydrogen-bond acceptors (Lipinski definition) is 4. The predicted octanol–water partition coefficient (Wildman–Crippen LogP) is 3.87. The first-order chi connectivity index (χ1) is 12.7. The minimum atomic E-state index is -0.619.